The number of aliphatic hydroxyl groups excluding tert-OH is 2. The van der Waals surface area contributed by atoms with E-state index in [0.29, 0.717) is 17.3 Å². The van der Waals surface area contributed by atoms with Crippen molar-refractivity contribution in [2.45, 2.75) is 82.5 Å². The van der Waals surface area contributed by atoms with E-state index in [1.54, 1.807) is 0 Å². The fourth-order valence-corrected chi connectivity index (χ4v) is 11.0. The molecule has 5 aliphatic rings. The monoisotopic (exact) mass is 621 g/mol. The van der Waals surface area contributed by atoms with Gasteiger partial charge in [0.2, 0.25) is 5.28 Å². The standard InChI is InChI=1S/C23H33ClN5O9PS/c1-21-3-12-4-22(2,7-21)9-23(5-12,8-21)28-17-14-18(27-20(24)26-17)29(10-25-14)19-16(31)15(30)13(38-19)6-37-39(32,33)11-40(34,35)36/h10,12-13,15-16,19,30-31H,3-9,11H2,1-2H3,(H,32,33)(H,26,27,28)(H,34,35,36)/t12?,13-,15?,16+,19-,21-,22+,23?/m1/s1. The summed E-state index contributed by atoms with van der Waals surface area (Å²) in [7, 11) is -9.55. The Morgan fingerprint density at radius 3 is 2.48 bits per heavy atom. The van der Waals surface area contributed by atoms with Crippen molar-refractivity contribution in [3.05, 3.63) is 11.6 Å². The highest BCUT2D eigenvalue weighted by Crippen LogP contribution is 2.67. The molecule has 2 aromatic heterocycles. The van der Waals surface area contributed by atoms with Crippen molar-refractivity contribution in [3.8, 4) is 0 Å². The van der Waals surface area contributed by atoms with Crippen LogP contribution in [0.5, 0.6) is 0 Å². The Labute approximate surface area is 235 Å². The molecule has 14 nitrogen and oxygen atoms in total. The second-order valence-corrected chi connectivity index (χ2v) is 17.0. The van der Waals surface area contributed by atoms with Crippen LogP contribution in [0.4, 0.5) is 5.82 Å². The van der Waals surface area contributed by atoms with Crippen LogP contribution >= 0.6 is 19.2 Å². The lowest BCUT2D eigenvalue weighted by atomic mass is 9.43. The number of anilines is 1. The lowest BCUT2D eigenvalue weighted by Crippen LogP contribution is -2.61. The molecule has 4 saturated carbocycles. The van der Waals surface area contributed by atoms with Crippen molar-refractivity contribution in [1.29, 1.82) is 0 Å². The molecule has 3 heterocycles. The first-order valence-electron chi connectivity index (χ1n) is 13.1. The lowest BCUT2D eigenvalue weighted by molar-refractivity contribution is -0.0973. The summed E-state index contributed by atoms with van der Waals surface area (Å²) < 4.78 is 54.6. The highest BCUT2D eigenvalue weighted by Gasteiger charge is 2.60. The van der Waals surface area contributed by atoms with Gasteiger partial charge in [0.05, 0.1) is 12.9 Å². The number of aromatic nitrogens is 4. The zero-order valence-corrected chi connectivity index (χ0v) is 24.4. The average Bonchev–Trinajstić information content (AvgIpc) is 3.29. The van der Waals surface area contributed by atoms with Crippen molar-refractivity contribution in [2.24, 2.45) is 16.7 Å². The molecular formula is C23H33ClN5O9PS. The number of nitrogens with zero attached hydrogens (tertiary/aromatic N) is 4. The van der Waals surface area contributed by atoms with Crippen LogP contribution in [0, 0.1) is 16.7 Å². The van der Waals surface area contributed by atoms with E-state index in [0.717, 1.165) is 19.3 Å². The Hall–Kier alpha value is -1.42. The molecule has 4 aliphatic carbocycles. The molecule has 0 radical (unpaired) electrons. The van der Waals surface area contributed by atoms with Crippen molar-refractivity contribution in [2.75, 3.05) is 17.4 Å². The van der Waals surface area contributed by atoms with Gasteiger partial charge in [-0.3, -0.25) is 13.7 Å². The number of imidazole rings is 1. The highest BCUT2D eigenvalue weighted by molar-refractivity contribution is 7.92. The molecule has 4 bridgehead atoms. The summed E-state index contributed by atoms with van der Waals surface area (Å²) in [5.41, 5.74) is -0.501. The van der Waals surface area contributed by atoms with E-state index in [1.165, 1.54) is 30.2 Å². The summed E-state index contributed by atoms with van der Waals surface area (Å²) in [4.78, 5) is 23.0. The molecule has 1 saturated heterocycles. The molecule has 0 amide bonds. The van der Waals surface area contributed by atoms with Gasteiger partial charge >= 0.3 is 7.60 Å². The van der Waals surface area contributed by atoms with E-state index >= 15 is 0 Å². The van der Waals surface area contributed by atoms with Crippen LogP contribution in [0.25, 0.3) is 11.2 Å². The van der Waals surface area contributed by atoms with Crippen LogP contribution < -0.4 is 5.32 Å². The van der Waals surface area contributed by atoms with Crippen LogP contribution in [0.1, 0.15) is 58.6 Å². The lowest BCUT2D eigenvalue weighted by Gasteiger charge is -2.65. The van der Waals surface area contributed by atoms with Gasteiger partial charge < -0.3 is 29.7 Å². The van der Waals surface area contributed by atoms with Gasteiger partial charge in [-0.15, -0.1) is 0 Å². The first-order chi connectivity index (χ1) is 18.5. The molecule has 40 heavy (non-hydrogen) atoms. The normalized spacial score (nSPS) is 40.5. The van der Waals surface area contributed by atoms with Gasteiger partial charge in [0.15, 0.2) is 28.7 Å². The third-order valence-corrected chi connectivity index (χ3v) is 12.1. The highest BCUT2D eigenvalue weighted by atomic mass is 35.5. The topological polar surface area (TPSA) is 206 Å². The predicted molar refractivity (Wildman–Crippen MR) is 142 cm³/mol. The van der Waals surface area contributed by atoms with Gasteiger partial charge in [0, 0.05) is 5.54 Å². The first-order valence-corrected chi connectivity index (χ1v) is 16.8. The summed E-state index contributed by atoms with van der Waals surface area (Å²) in [6, 6.07) is 0. The second-order valence-electron chi connectivity index (χ2n) is 12.9. The summed E-state index contributed by atoms with van der Waals surface area (Å²) in [5, 5.41) is 24.9. The van der Waals surface area contributed by atoms with Crippen LogP contribution in [0.15, 0.2) is 6.33 Å². The smallest absolute Gasteiger partial charge is 0.345 e. The number of ether oxygens (including phenoxy) is 1. The van der Waals surface area contributed by atoms with Crippen molar-refractivity contribution in [3.63, 3.8) is 0 Å². The maximum atomic E-state index is 12.0. The molecule has 17 heteroatoms. The van der Waals surface area contributed by atoms with Gasteiger partial charge in [0.1, 0.15) is 18.3 Å². The Morgan fingerprint density at radius 2 is 1.85 bits per heavy atom. The largest absolute Gasteiger partial charge is 0.387 e. The van der Waals surface area contributed by atoms with E-state index in [4.69, 9.17) is 25.4 Å². The predicted octanol–water partition coefficient (Wildman–Crippen LogP) is 2.31. The zero-order valence-electron chi connectivity index (χ0n) is 22.0. The number of hydrogen-bond acceptors (Lipinski definition) is 11. The maximum Gasteiger partial charge on any atom is 0.345 e. The molecule has 4 unspecified atom stereocenters. The van der Waals surface area contributed by atoms with Gasteiger partial charge in [-0.05, 0) is 66.9 Å². The van der Waals surface area contributed by atoms with E-state index in [1.807, 2.05) is 0 Å². The quantitative estimate of drug-likeness (QED) is 0.163. The number of fused-ring (bicyclic) bond motifs is 1. The van der Waals surface area contributed by atoms with Crippen LogP contribution in [0.2, 0.25) is 5.28 Å². The van der Waals surface area contributed by atoms with Gasteiger partial charge in [-0.2, -0.15) is 18.4 Å². The Bertz CT molecular complexity index is 1490. The van der Waals surface area contributed by atoms with Crippen molar-refractivity contribution in [1.82, 2.24) is 19.5 Å². The van der Waals surface area contributed by atoms with E-state index in [-0.39, 0.29) is 27.3 Å². The Kier molecular flexibility index (Phi) is 6.66. The van der Waals surface area contributed by atoms with E-state index in [2.05, 4.69) is 34.1 Å². The summed E-state index contributed by atoms with van der Waals surface area (Å²) in [6.07, 6.45) is 2.51. The van der Waals surface area contributed by atoms with Gasteiger partial charge in [-0.25, -0.2) is 4.98 Å². The molecule has 5 fully saturated rings. The molecule has 0 aromatic carbocycles. The minimum atomic E-state index is -4.79. The fraction of sp³-hybridized carbons (Fsp3) is 0.783. The molecule has 222 valence electrons. The zero-order chi connectivity index (χ0) is 28.9. The van der Waals surface area contributed by atoms with Crippen molar-refractivity contribution >= 4 is 46.3 Å². The second kappa shape index (κ2) is 9.29. The third-order valence-electron chi connectivity index (χ3n) is 8.78. The SMILES string of the molecule is C[C@]12CC3CC(Nc4nc(Cl)nc5c4ncn5[C@@H]4O[C@H](COP(=O)(O)CS(=O)(=O)O)C(O)[C@@H]4O)(C1)C[C@@](C)(C3)C2. The number of aliphatic hydroxyl groups is 2. The van der Waals surface area contributed by atoms with Gasteiger partial charge in [-0.1, -0.05) is 13.8 Å². The van der Waals surface area contributed by atoms with Crippen molar-refractivity contribution < 1.29 is 41.9 Å². The molecule has 1 aliphatic heterocycles. The van der Waals surface area contributed by atoms with Crippen LogP contribution in [-0.4, -0.2) is 83.5 Å². The average molecular weight is 622 g/mol. The summed E-state index contributed by atoms with van der Waals surface area (Å²) in [5.74, 6) is 1.11. The molecular weight excluding hydrogens is 589 g/mol. The van der Waals surface area contributed by atoms with Gasteiger partial charge in [0.25, 0.3) is 10.1 Å². The van der Waals surface area contributed by atoms with Crippen LogP contribution in [-0.2, 0) is 23.9 Å². The minimum absolute atomic E-state index is 0.0433. The number of rotatable bonds is 8. The first kappa shape index (κ1) is 28.7. The van der Waals surface area contributed by atoms with E-state index in [9.17, 15) is 28.1 Å². The molecule has 9 atom stereocenters. The number of nitrogens with one attached hydrogen (secondary N) is 1. The third kappa shape index (κ3) is 5.29. The maximum absolute atomic E-state index is 12.0. The Balaban J connectivity index is 1.25. The summed E-state index contributed by atoms with van der Waals surface area (Å²) in [6.45, 7) is 4.01. The fourth-order valence-electron chi connectivity index (χ4n) is 8.53. The molecule has 5 N–H and O–H groups in total. The molecule has 2 aromatic rings. The van der Waals surface area contributed by atoms with E-state index < -0.39 is 54.4 Å². The number of hydrogen-bond donors (Lipinski definition) is 5. The summed E-state index contributed by atoms with van der Waals surface area (Å²) >= 11 is 6.34. The molecule has 7 rings (SSSR count). The minimum Gasteiger partial charge on any atom is -0.387 e. The van der Waals surface area contributed by atoms with Crippen LogP contribution in [0.3, 0.4) is 0 Å². The molecule has 0 spiro atoms. The number of halogens is 1. The Morgan fingerprint density at radius 1 is 1.18 bits per heavy atom.